The summed E-state index contributed by atoms with van der Waals surface area (Å²) in [6.45, 7) is 13.3. The Balaban J connectivity index is 2.23. The molecule has 2 atom stereocenters. The van der Waals surface area contributed by atoms with E-state index in [4.69, 9.17) is 0 Å². The molecule has 1 nitrogen and oxygen atoms in total. The van der Waals surface area contributed by atoms with Gasteiger partial charge in [0.2, 0.25) is 0 Å². The first kappa shape index (κ1) is 16.3. The van der Waals surface area contributed by atoms with E-state index in [0.717, 1.165) is 19.3 Å². The Labute approximate surface area is 130 Å². The van der Waals surface area contributed by atoms with Crippen molar-refractivity contribution in [1.29, 1.82) is 0 Å². The summed E-state index contributed by atoms with van der Waals surface area (Å²) in [5, 5.41) is 0. The molecule has 116 valence electrons. The predicted octanol–water partition coefficient (Wildman–Crippen LogP) is 5.19. The minimum Gasteiger partial charge on any atom is -0.299 e. The molecule has 1 aliphatic carbocycles. The van der Waals surface area contributed by atoms with Crippen molar-refractivity contribution >= 4 is 5.78 Å². The first-order valence-electron chi connectivity index (χ1n) is 8.30. The monoisotopic (exact) mass is 286 g/mol. The van der Waals surface area contributed by atoms with Gasteiger partial charge in [0.25, 0.3) is 0 Å². The van der Waals surface area contributed by atoms with Crippen LogP contribution in [0.25, 0.3) is 0 Å². The van der Waals surface area contributed by atoms with Gasteiger partial charge in [-0.05, 0) is 68.1 Å². The van der Waals surface area contributed by atoms with Gasteiger partial charge in [-0.25, -0.2) is 0 Å². The van der Waals surface area contributed by atoms with Crippen LogP contribution in [0.2, 0.25) is 0 Å². The van der Waals surface area contributed by atoms with Gasteiger partial charge >= 0.3 is 0 Å². The Hall–Kier alpha value is -1.11. The summed E-state index contributed by atoms with van der Waals surface area (Å²) >= 11 is 0. The molecular weight excluding hydrogens is 256 g/mol. The molecule has 1 aromatic rings. The minimum atomic E-state index is 0.0575. The van der Waals surface area contributed by atoms with Gasteiger partial charge in [-0.3, -0.25) is 4.79 Å². The van der Waals surface area contributed by atoms with Crippen LogP contribution in [-0.4, -0.2) is 5.78 Å². The first-order chi connectivity index (χ1) is 9.70. The molecule has 1 aliphatic rings. The Bertz CT molecular complexity index is 516. The Morgan fingerprint density at radius 2 is 1.67 bits per heavy atom. The molecule has 0 N–H and O–H groups in total. The van der Waals surface area contributed by atoms with Gasteiger partial charge < -0.3 is 0 Å². The highest BCUT2D eigenvalue weighted by Gasteiger charge is 2.38. The highest BCUT2D eigenvalue weighted by molar-refractivity contribution is 5.82. The molecule has 0 spiro atoms. The number of benzene rings is 1. The van der Waals surface area contributed by atoms with Crippen molar-refractivity contribution < 1.29 is 4.79 Å². The summed E-state index contributed by atoms with van der Waals surface area (Å²) in [6, 6.07) is 4.53. The van der Waals surface area contributed by atoms with Crippen molar-refractivity contribution in [1.82, 2.24) is 0 Å². The predicted molar refractivity (Wildman–Crippen MR) is 89.7 cm³/mol. The number of carbonyl (C=O) groups is 1. The molecule has 0 aliphatic heterocycles. The van der Waals surface area contributed by atoms with Crippen LogP contribution >= 0.6 is 0 Å². The number of hydrogen-bond donors (Lipinski definition) is 0. The highest BCUT2D eigenvalue weighted by atomic mass is 16.1. The van der Waals surface area contributed by atoms with Crippen LogP contribution in [0.3, 0.4) is 0 Å². The zero-order chi connectivity index (χ0) is 15.8. The third-order valence-electron chi connectivity index (χ3n) is 5.30. The van der Waals surface area contributed by atoms with E-state index in [0.29, 0.717) is 11.7 Å². The molecule has 2 unspecified atom stereocenters. The summed E-state index contributed by atoms with van der Waals surface area (Å²) in [4.78, 5) is 12.5. The molecule has 0 amide bonds. The summed E-state index contributed by atoms with van der Waals surface area (Å²) in [6.07, 6.45) is 4.05. The number of rotatable bonds is 3. The second kappa shape index (κ2) is 5.94. The van der Waals surface area contributed by atoms with Gasteiger partial charge in [0.15, 0.2) is 0 Å². The molecule has 1 aromatic carbocycles. The molecule has 0 saturated heterocycles. The molecule has 0 heterocycles. The van der Waals surface area contributed by atoms with Crippen LogP contribution in [-0.2, 0) is 11.2 Å². The van der Waals surface area contributed by atoms with E-state index in [1.165, 1.54) is 28.7 Å². The van der Waals surface area contributed by atoms with Crippen LogP contribution in [0, 0.1) is 38.0 Å². The largest absolute Gasteiger partial charge is 0.299 e. The number of hydrogen-bond acceptors (Lipinski definition) is 1. The van der Waals surface area contributed by atoms with Crippen LogP contribution < -0.4 is 0 Å². The van der Waals surface area contributed by atoms with Crippen molar-refractivity contribution in [3.8, 4) is 0 Å². The van der Waals surface area contributed by atoms with E-state index in [1.54, 1.807) is 0 Å². The molecule has 1 fully saturated rings. The van der Waals surface area contributed by atoms with Crippen LogP contribution in [0.1, 0.15) is 62.3 Å². The fourth-order valence-electron chi connectivity index (χ4n) is 4.09. The lowest BCUT2D eigenvalue weighted by Crippen LogP contribution is -2.37. The van der Waals surface area contributed by atoms with Crippen molar-refractivity contribution in [2.75, 3.05) is 0 Å². The summed E-state index contributed by atoms with van der Waals surface area (Å²) in [5.74, 6) is 1.29. The smallest absolute Gasteiger partial charge is 0.136 e. The van der Waals surface area contributed by atoms with Gasteiger partial charge in [-0.2, -0.15) is 0 Å². The van der Waals surface area contributed by atoms with Gasteiger partial charge in [0, 0.05) is 12.3 Å². The van der Waals surface area contributed by atoms with Crippen LogP contribution in [0.5, 0.6) is 0 Å². The van der Waals surface area contributed by atoms with E-state index in [1.807, 2.05) is 0 Å². The molecule has 21 heavy (non-hydrogen) atoms. The third-order valence-corrected chi connectivity index (χ3v) is 5.30. The quantitative estimate of drug-likeness (QED) is 0.747. The molecular formula is C20H30O. The van der Waals surface area contributed by atoms with Crippen molar-refractivity contribution in [2.24, 2.45) is 17.3 Å². The van der Waals surface area contributed by atoms with Gasteiger partial charge in [0.1, 0.15) is 5.78 Å². The lowest BCUT2D eigenvalue weighted by molar-refractivity contribution is -0.129. The maximum Gasteiger partial charge on any atom is 0.136 e. The number of carbonyl (C=O) groups excluding carboxylic acids is 1. The van der Waals surface area contributed by atoms with Crippen molar-refractivity contribution in [3.05, 3.63) is 34.4 Å². The number of aryl methyl sites for hydroxylation is 3. The lowest BCUT2D eigenvalue weighted by Gasteiger charge is -2.38. The molecule has 1 heteroatoms. The fraction of sp³-hybridized carbons (Fsp3) is 0.650. The van der Waals surface area contributed by atoms with E-state index >= 15 is 0 Å². The normalized spacial score (nSPS) is 23.4. The van der Waals surface area contributed by atoms with Crippen molar-refractivity contribution in [2.45, 2.75) is 67.2 Å². The topological polar surface area (TPSA) is 17.1 Å². The second-order valence-corrected chi connectivity index (χ2v) is 7.95. The van der Waals surface area contributed by atoms with Crippen LogP contribution in [0.4, 0.5) is 0 Å². The zero-order valence-electron chi connectivity index (χ0n) is 14.5. The average Bonchev–Trinajstić information content (AvgIpc) is 2.33. The van der Waals surface area contributed by atoms with E-state index < -0.39 is 0 Å². The number of ketones is 1. The highest BCUT2D eigenvalue weighted by Crippen LogP contribution is 2.41. The summed E-state index contributed by atoms with van der Waals surface area (Å²) in [5.41, 5.74) is 5.57. The van der Waals surface area contributed by atoms with Crippen molar-refractivity contribution in [3.63, 3.8) is 0 Å². The Morgan fingerprint density at radius 3 is 2.19 bits per heavy atom. The van der Waals surface area contributed by atoms with Crippen LogP contribution in [0.15, 0.2) is 12.1 Å². The lowest BCUT2D eigenvalue weighted by atomic mass is 9.65. The Morgan fingerprint density at radius 1 is 1.10 bits per heavy atom. The molecule has 0 bridgehead atoms. The third kappa shape index (κ3) is 3.56. The zero-order valence-corrected chi connectivity index (χ0v) is 14.5. The second-order valence-electron chi connectivity index (χ2n) is 7.95. The van der Waals surface area contributed by atoms with E-state index in [9.17, 15) is 4.79 Å². The molecule has 0 aromatic heterocycles. The molecule has 0 radical (unpaired) electrons. The Kier molecular flexibility index (Phi) is 4.60. The minimum absolute atomic E-state index is 0.0575. The van der Waals surface area contributed by atoms with Gasteiger partial charge in [0.05, 0.1) is 0 Å². The molecule has 2 rings (SSSR count). The SMILES string of the molecule is Cc1cc(C)c(CC(C)(C)C2CCC(C)CC2=O)c(C)c1. The van der Waals surface area contributed by atoms with Gasteiger partial charge in [-0.1, -0.05) is 38.5 Å². The fourth-order valence-corrected chi connectivity index (χ4v) is 4.09. The maximum absolute atomic E-state index is 12.5. The summed E-state index contributed by atoms with van der Waals surface area (Å²) < 4.78 is 0. The first-order valence-corrected chi connectivity index (χ1v) is 8.30. The van der Waals surface area contributed by atoms with E-state index in [2.05, 4.69) is 53.7 Å². The molecule has 1 saturated carbocycles. The standard InChI is InChI=1S/C20H30O/c1-13-7-8-18(19(21)11-13)20(5,6)12-17-15(3)9-14(2)10-16(17)4/h9-10,13,18H,7-8,11-12H2,1-6H3. The van der Waals surface area contributed by atoms with E-state index in [-0.39, 0.29) is 11.3 Å². The summed E-state index contributed by atoms with van der Waals surface area (Å²) in [7, 11) is 0. The van der Waals surface area contributed by atoms with Gasteiger partial charge in [-0.15, -0.1) is 0 Å². The maximum atomic E-state index is 12.5. The number of Topliss-reactive ketones (excluding diaryl/α,β-unsaturated/α-hetero) is 1. The average molecular weight is 286 g/mol.